The second-order valence-electron chi connectivity index (χ2n) is 6.24. The van der Waals surface area contributed by atoms with Gasteiger partial charge in [0.05, 0.1) is 6.10 Å². The van der Waals surface area contributed by atoms with Crippen LogP contribution in [0.3, 0.4) is 0 Å². The Morgan fingerprint density at radius 3 is 2.69 bits per heavy atom. The van der Waals surface area contributed by atoms with Gasteiger partial charge in [0.2, 0.25) is 11.7 Å². The average molecular weight is 379 g/mol. The van der Waals surface area contributed by atoms with Gasteiger partial charge < -0.3 is 15.4 Å². The highest BCUT2D eigenvalue weighted by Gasteiger charge is 2.23. The third-order valence-electron chi connectivity index (χ3n) is 4.33. The predicted octanol–water partition coefficient (Wildman–Crippen LogP) is 1.35. The number of ether oxygens (including phenoxy) is 1. The largest absolute Gasteiger partial charge is 0.378 e. The Labute approximate surface area is 157 Å². The van der Waals surface area contributed by atoms with Gasteiger partial charge in [-0.15, -0.1) is 10.2 Å². The second-order valence-corrected chi connectivity index (χ2v) is 6.68. The highest BCUT2D eigenvalue weighted by molar-refractivity contribution is 6.30. The van der Waals surface area contributed by atoms with Gasteiger partial charge in [0, 0.05) is 30.3 Å². The molecule has 1 aromatic heterocycles. The van der Waals surface area contributed by atoms with Gasteiger partial charge in [-0.25, -0.2) is 0 Å². The van der Waals surface area contributed by atoms with E-state index in [0.717, 1.165) is 24.8 Å². The number of nitrogens with two attached hydrogens (primary N) is 1. The maximum absolute atomic E-state index is 12.4. The third kappa shape index (κ3) is 5.00. The molecule has 2 N–H and O–H groups in total. The fourth-order valence-corrected chi connectivity index (χ4v) is 2.98. The lowest BCUT2D eigenvalue weighted by molar-refractivity contribution is -0.134. The molecule has 26 heavy (non-hydrogen) atoms. The molecular formula is C17H23ClN6O2. The summed E-state index contributed by atoms with van der Waals surface area (Å²) in [5.74, 6) is 0.465. The van der Waals surface area contributed by atoms with Gasteiger partial charge in [0.1, 0.15) is 6.54 Å². The van der Waals surface area contributed by atoms with Crippen LogP contribution in [0, 0.1) is 0 Å². The predicted molar refractivity (Wildman–Crippen MR) is 97.5 cm³/mol. The lowest BCUT2D eigenvalue weighted by Gasteiger charge is -2.31. The minimum absolute atomic E-state index is 0.00883. The van der Waals surface area contributed by atoms with E-state index in [9.17, 15) is 4.79 Å². The van der Waals surface area contributed by atoms with Crippen molar-refractivity contribution in [1.82, 2.24) is 25.1 Å². The SMILES string of the molecule is NCCCOC1CCN(C(=O)Cn2nnc(-c3ccc(Cl)cc3)n2)CC1. The maximum Gasteiger partial charge on any atom is 0.246 e. The van der Waals surface area contributed by atoms with Crippen LogP contribution < -0.4 is 5.73 Å². The van der Waals surface area contributed by atoms with Gasteiger partial charge in [0.25, 0.3) is 0 Å². The number of carbonyl (C=O) groups excluding carboxylic acids is 1. The summed E-state index contributed by atoms with van der Waals surface area (Å²) in [6, 6.07) is 7.17. The first kappa shape index (κ1) is 18.8. The van der Waals surface area contributed by atoms with Gasteiger partial charge in [0.15, 0.2) is 0 Å². The molecule has 0 bridgehead atoms. The first-order valence-electron chi connectivity index (χ1n) is 8.79. The molecule has 0 atom stereocenters. The van der Waals surface area contributed by atoms with E-state index in [0.29, 0.717) is 37.1 Å². The minimum Gasteiger partial charge on any atom is -0.378 e. The molecule has 8 nitrogen and oxygen atoms in total. The van der Waals surface area contributed by atoms with Crippen molar-refractivity contribution in [2.75, 3.05) is 26.2 Å². The van der Waals surface area contributed by atoms with Gasteiger partial charge >= 0.3 is 0 Å². The number of rotatable bonds is 7. The van der Waals surface area contributed by atoms with E-state index in [1.54, 1.807) is 12.1 Å². The molecule has 1 amide bonds. The topological polar surface area (TPSA) is 99.2 Å². The Balaban J connectivity index is 1.49. The van der Waals surface area contributed by atoms with Crippen LogP contribution in [0.4, 0.5) is 0 Å². The number of likely N-dealkylation sites (tertiary alicyclic amines) is 1. The Morgan fingerprint density at radius 1 is 1.27 bits per heavy atom. The fraction of sp³-hybridized carbons (Fsp3) is 0.529. The van der Waals surface area contributed by atoms with E-state index in [4.69, 9.17) is 22.1 Å². The van der Waals surface area contributed by atoms with Crippen LogP contribution in [-0.4, -0.2) is 63.4 Å². The summed E-state index contributed by atoms with van der Waals surface area (Å²) in [5.41, 5.74) is 6.28. The average Bonchev–Trinajstić information content (AvgIpc) is 3.11. The maximum atomic E-state index is 12.4. The number of piperidine rings is 1. The summed E-state index contributed by atoms with van der Waals surface area (Å²) >= 11 is 5.88. The second kappa shape index (κ2) is 9.07. The number of amides is 1. The number of aromatic nitrogens is 4. The molecule has 1 aliphatic rings. The fourth-order valence-electron chi connectivity index (χ4n) is 2.85. The van der Waals surface area contributed by atoms with Crippen LogP contribution in [0.5, 0.6) is 0 Å². The molecule has 1 aliphatic heterocycles. The molecule has 1 saturated heterocycles. The number of tetrazole rings is 1. The van der Waals surface area contributed by atoms with Crippen molar-refractivity contribution in [3.63, 3.8) is 0 Å². The molecule has 140 valence electrons. The smallest absolute Gasteiger partial charge is 0.246 e. The first-order chi connectivity index (χ1) is 12.7. The summed E-state index contributed by atoms with van der Waals surface area (Å²) in [5, 5.41) is 12.9. The number of nitrogens with zero attached hydrogens (tertiary/aromatic N) is 5. The van der Waals surface area contributed by atoms with Crippen molar-refractivity contribution in [3.05, 3.63) is 29.3 Å². The highest BCUT2D eigenvalue weighted by atomic mass is 35.5. The van der Waals surface area contributed by atoms with E-state index in [1.807, 2.05) is 17.0 Å². The summed E-state index contributed by atoms with van der Waals surface area (Å²) < 4.78 is 5.76. The monoisotopic (exact) mass is 378 g/mol. The van der Waals surface area contributed by atoms with Gasteiger partial charge in [-0.05, 0) is 55.3 Å². The molecule has 0 radical (unpaired) electrons. The molecule has 0 spiro atoms. The molecule has 9 heteroatoms. The van der Waals surface area contributed by atoms with E-state index in [1.165, 1.54) is 4.80 Å². The Morgan fingerprint density at radius 2 is 2.00 bits per heavy atom. The number of benzene rings is 1. The van der Waals surface area contributed by atoms with Crippen LogP contribution in [-0.2, 0) is 16.1 Å². The van der Waals surface area contributed by atoms with Crippen molar-refractivity contribution in [2.24, 2.45) is 5.73 Å². The van der Waals surface area contributed by atoms with E-state index in [2.05, 4.69) is 15.4 Å². The zero-order chi connectivity index (χ0) is 18.4. The van der Waals surface area contributed by atoms with Gasteiger partial charge in [-0.2, -0.15) is 4.80 Å². The van der Waals surface area contributed by atoms with Crippen LogP contribution in [0.15, 0.2) is 24.3 Å². The van der Waals surface area contributed by atoms with Gasteiger partial charge in [-0.1, -0.05) is 11.6 Å². The van der Waals surface area contributed by atoms with Crippen molar-refractivity contribution in [3.8, 4) is 11.4 Å². The molecular weight excluding hydrogens is 356 g/mol. The summed E-state index contributed by atoms with van der Waals surface area (Å²) in [7, 11) is 0. The normalized spacial score (nSPS) is 15.4. The third-order valence-corrected chi connectivity index (χ3v) is 4.58. The van der Waals surface area contributed by atoms with E-state index in [-0.39, 0.29) is 18.6 Å². The summed E-state index contributed by atoms with van der Waals surface area (Å²) in [6.45, 7) is 2.78. The van der Waals surface area contributed by atoms with Crippen LogP contribution in [0.25, 0.3) is 11.4 Å². The lowest BCUT2D eigenvalue weighted by Crippen LogP contribution is -2.42. The number of hydrogen-bond donors (Lipinski definition) is 1. The summed E-state index contributed by atoms with van der Waals surface area (Å²) in [6.07, 6.45) is 2.77. The van der Waals surface area contributed by atoms with Crippen LogP contribution >= 0.6 is 11.6 Å². The van der Waals surface area contributed by atoms with Crippen LogP contribution in [0.2, 0.25) is 5.02 Å². The molecule has 0 unspecified atom stereocenters. The number of hydrogen-bond acceptors (Lipinski definition) is 6. The Bertz CT molecular complexity index is 712. The number of halogens is 1. The molecule has 3 rings (SSSR count). The van der Waals surface area contributed by atoms with E-state index >= 15 is 0 Å². The molecule has 2 heterocycles. The summed E-state index contributed by atoms with van der Waals surface area (Å²) in [4.78, 5) is 15.6. The Kier molecular flexibility index (Phi) is 6.54. The van der Waals surface area contributed by atoms with Crippen molar-refractivity contribution >= 4 is 17.5 Å². The molecule has 2 aromatic rings. The minimum atomic E-state index is -0.00883. The zero-order valence-corrected chi connectivity index (χ0v) is 15.3. The number of carbonyl (C=O) groups is 1. The van der Waals surface area contributed by atoms with Crippen molar-refractivity contribution < 1.29 is 9.53 Å². The standard InChI is InChI=1S/C17H23ClN6O2/c18-14-4-2-13(3-5-14)17-20-22-24(21-17)12-16(25)23-9-6-15(7-10-23)26-11-1-8-19/h2-5,15H,1,6-12,19H2. The van der Waals surface area contributed by atoms with Crippen molar-refractivity contribution in [2.45, 2.75) is 31.9 Å². The Hall–Kier alpha value is -2.03. The van der Waals surface area contributed by atoms with Crippen molar-refractivity contribution in [1.29, 1.82) is 0 Å². The lowest BCUT2D eigenvalue weighted by atomic mass is 10.1. The molecule has 1 aromatic carbocycles. The highest BCUT2D eigenvalue weighted by Crippen LogP contribution is 2.17. The van der Waals surface area contributed by atoms with Gasteiger partial charge in [-0.3, -0.25) is 4.79 Å². The van der Waals surface area contributed by atoms with Crippen LogP contribution in [0.1, 0.15) is 19.3 Å². The van der Waals surface area contributed by atoms with E-state index < -0.39 is 0 Å². The first-order valence-corrected chi connectivity index (χ1v) is 9.16. The zero-order valence-electron chi connectivity index (χ0n) is 14.6. The quantitative estimate of drug-likeness (QED) is 0.730. The molecule has 0 aliphatic carbocycles. The molecule has 0 saturated carbocycles. The molecule has 1 fully saturated rings.